The number of aromatic amines is 1. The van der Waals surface area contributed by atoms with Crippen molar-refractivity contribution in [1.29, 1.82) is 0 Å². The van der Waals surface area contributed by atoms with Crippen molar-refractivity contribution < 1.29 is 43.1 Å². The first kappa shape index (κ1) is 21.7. The zero-order valence-electron chi connectivity index (χ0n) is 20.0. The van der Waals surface area contributed by atoms with E-state index in [9.17, 15) is 29.7 Å². The highest BCUT2D eigenvalue weighted by Crippen LogP contribution is 2.23. The van der Waals surface area contributed by atoms with Crippen molar-refractivity contribution in [3.8, 4) is 0 Å². The molecule has 0 aliphatic rings. The van der Waals surface area contributed by atoms with Gasteiger partial charge in [-0.15, -0.1) is 0 Å². The molecular weight excluding hydrogens is 492 g/mol. The first-order chi connectivity index (χ1) is 18.2. The van der Waals surface area contributed by atoms with Crippen LogP contribution in [0.15, 0.2) is 54.6 Å². The first-order valence-electron chi connectivity index (χ1n) is 11.5. The molecule has 0 amide bonds. The van der Waals surface area contributed by atoms with Crippen LogP contribution in [0.3, 0.4) is 0 Å². The van der Waals surface area contributed by atoms with Crippen LogP contribution in [0.5, 0.6) is 0 Å². The number of rotatable bonds is 3. The molecule has 12 nitrogen and oxygen atoms in total. The number of hydrogen-bond donors (Lipinski definition) is 4. The molecule has 0 bridgehead atoms. The maximum Gasteiger partial charge on any atom is 0.523 e. The van der Waals surface area contributed by atoms with E-state index in [4.69, 9.17) is 0 Å². The number of aromatic nitrogens is 6. The third-order valence-corrected chi connectivity index (χ3v) is 7.20. The predicted octanol–water partition coefficient (Wildman–Crippen LogP) is 1.46. The Morgan fingerprint density at radius 2 is 1.26 bits per heavy atom. The average Bonchev–Trinajstić information content (AvgIpc) is 3.51. The van der Waals surface area contributed by atoms with Crippen molar-refractivity contribution in [2.24, 2.45) is 14.1 Å². The largest absolute Gasteiger partial charge is 0.523 e. The number of nitrogens with one attached hydrogen (secondary N) is 1. The van der Waals surface area contributed by atoms with Gasteiger partial charge in [0, 0.05) is 12.1 Å². The van der Waals surface area contributed by atoms with Crippen LogP contribution < -0.4 is 13.4 Å². The van der Waals surface area contributed by atoms with Gasteiger partial charge in [-0.2, -0.15) is 9.13 Å². The molecule has 0 aliphatic carbocycles. The molecule has 7 aromatic rings. The van der Waals surface area contributed by atoms with Gasteiger partial charge >= 0.3 is 35.2 Å². The zero-order valence-corrected chi connectivity index (χ0v) is 20.0. The molecule has 186 valence electrons. The Balaban J connectivity index is 1.83. The standard InChI is InChI=1S/C26H16N6O6/c1-28-17-7-4-14(23(37)38)11-20(17)31-24-27-15-9-12(21(33)34)3-6-16(15)30(24)26-29(2)19-10-13(22(35)36)5-8-18(19)32(26)25(28)31/h3-11H,1-2H3,(H-2,33,34,35,36,37,38)/p+3. The summed E-state index contributed by atoms with van der Waals surface area (Å²) in [5.74, 6) is -1.24. The lowest BCUT2D eigenvalue weighted by atomic mass is 10.2. The molecule has 0 unspecified atom stereocenters. The minimum atomic E-state index is -1.06. The predicted molar refractivity (Wildman–Crippen MR) is 132 cm³/mol. The quantitative estimate of drug-likeness (QED) is 0.264. The van der Waals surface area contributed by atoms with Gasteiger partial charge in [0.1, 0.15) is 0 Å². The number of carboxylic acid groups (broad SMARTS) is 3. The fraction of sp³-hybridized carbons (Fsp3) is 0.0769. The highest BCUT2D eigenvalue weighted by atomic mass is 16.4. The average molecular weight is 511 g/mol. The molecule has 0 saturated heterocycles. The summed E-state index contributed by atoms with van der Waals surface area (Å²) in [4.78, 5) is 38.6. The zero-order chi connectivity index (χ0) is 26.6. The summed E-state index contributed by atoms with van der Waals surface area (Å²) in [5.41, 5.74) is 4.42. The van der Waals surface area contributed by atoms with Crippen molar-refractivity contribution in [2.45, 2.75) is 0 Å². The Hall–Kier alpha value is -5.52. The lowest BCUT2D eigenvalue weighted by Crippen LogP contribution is -2.45. The van der Waals surface area contributed by atoms with E-state index in [1.807, 2.05) is 36.4 Å². The second kappa shape index (κ2) is 7.03. The van der Waals surface area contributed by atoms with Crippen molar-refractivity contribution in [3.05, 3.63) is 71.3 Å². The van der Waals surface area contributed by atoms with E-state index < -0.39 is 17.9 Å². The van der Waals surface area contributed by atoms with Crippen LogP contribution in [-0.4, -0.2) is 47.2 Å². The molecule has 0 fully saturated rings. The molecule has 0 aliphatic heterocycles. The molecule has 7 rings (SSSR count). The van der Waals surface area contributed by atoms with E-state index in [0.717, 1.165) is 11.0 Å². The summed E-state index contributed by atoms with van der Waals surface area (Å²) in [6.45, 7) is 0. The molecule has 3 aromatic carbocycles. The Morgan fingerprint density at radius 1 is 0.711 bits per heavy atom. The molecule has 0 saturated carbocycles. The van der Waals surface area contributed by atoms with Gasteiger partial charge in [0.15, 0.2) is 5.52 Å². The highest BCUT2D eigenvalue weighted by Gasteiger charge is 2.40. The molecule has 4 heterocycles. The second-order valence-corrected chi connectivity index (χ2v) is 9.23. The van der Waals surface area contributed by atoms with Crippen molar-refractivity contribution in [3.63, 3.8) is 0 Å². The summed E-state index contributed by atoms with van der Waals surface area (Å²) in [6, 6.07) is 14.6. The molecule has 0 radical (unpaired) electrons. The number of aromatic carboxylic acids is 3. The maximum atomic E-state index is 11.8. The Bertz CT molecular complexity index is 2250. The number of benzene rings is 3. The minimum Gasteiger partial charge on any atom is -0.478 e. The fourth-order valence-corrected chi connectivity index (χ4v) is 5.48. The van der Waals surface area contributed by atoms with Crippen LogP contribution in [0.4, 0.5) is 0 Å². The molecule has 4 aromatic heterocycles. The summed E-state index contributed by atoms with van der Waals surface area (Å²) >= 11 is 0. The van der Waals surface area contributed by atoms with E-state index in [2.05, 4.69) is 4.98 Å². The van der Waals surface area contributed by atoms with E-state index in [1.54, 1.807) is 48.5 Å². The van der Waals surface area contributed by atoms with Crippen molar-refractivity contribution in [2.75, 3.05) is 0 Å². The Morgan fingerprint density at radius 3 is 1.89 bits per heavy atom. The van der Waals surface area contributed by atoms with Crippen molar-refractivity contribution in [1.82, 2.24) is 14.0 Å². The highest BCUT2D eigenvalue weighted by molar-refractivity contribution is 5.94. The number of fused-ring (bicyclic) bond motifs is 12. The van der Waals surface area contributed by atoms with E-state index >= 15 is 0 Å². The summed E-state index contributed by atoms with van der Waals surface area (Å²) < 4.78 is 9.61. The normalized spacial score (nSPS) is 12.1. The number of H-pyrrole nitrogens is 1. The number of imidazole rings is 3. The monoisotopic (exact) mass is 511 g/mol. The minimum absolute atomic E-state index is 0.115. The first-order valence-corrected chi connectivity index (χ1v) is 11.5. The molecule has 0 atom stereocenters. The van der Waals surface area contributed by atoms with Gasteiger partial charge in [-0.25, -0.2) is 14.4 Å². The number of carbonyl (C=O) groups is 3. The van der Waals surface area contributed by atoms with Gasteiger partial charge in [-0.05, 0) is 46.9 Å². The SMILES string of the molecule is Cn1c2cc(C(=O)O)ccc2[n+]2c3n(c4cc(C(=O)O)ccc4[n+]3C)c3[nH]c4cc(C(=O)O)ccc4[n+]3c12. The Kier molecular flexibility index (Phi) is 4.02. The topological polar surface area (TPSA) is 149 Å². The third-order valence-electron chi connectivity index (χ3n) is 7.20. The van der Waals surface area contributed by atoms with Crippen LogP contribution in [-0.2, 0) is 14.1 Å². The van der Waals surface area contributed by atoms with Crippen LogP contribution in [0, 0.1) is 0 Å². The second-order valence-electron chi connectivity index (χ2n) is 9.23. The van der Waals surface area contributed by atoms with Crippen LogP contribution >= 0.6 is 0 Å². The maximum absolute atomic E-state index is 11.8. The fourth-order valence-electron chi connectivity index (χ4n) is 5.48. The Labute approximate surface area is 211 Å². The molecular formula is C26H19N6O6+3. The van der Waals surface area contributed by atoms with Crippen molar-refractivity contribution >= 4 is 68.3 Å². The number of carboxylic acids is 3. The van der Waals surface area contributed by atoms with Crippen LogP contribution in [0.1, 0.15) is 31.1 Å². The smallest absolute Gasteiger partial charge is 0.478 e. The van der Waals surface area contributed by atoms with E-state index in [0.29, 0.717) is 39.4 Å². The molecule has 12 heteroatoms. The van der Waals surface area contributed by atoms with Gasteiger partial charge in [-0.1, -0.05) is 8.80 Å². The lowest BCUT2D eigenvalue weighted by Gasteiger charge is -1.92. The van der Waals surface area contributed by atoms with E-state index in [-0.39, 0.29) is 16.7 Å². The van der Waals surface area contributed by atoms with Crippen LogP contribution in [0.2, 0.25) is 0 Å². The molecule has 38 heavy (non-hydrogen) atoms. The number of aryl methyl sites for hydroxylation is 2. The lowest BCUT2D eigenvalue weighted by molar-refractivity contribution is -0.697. The number of hydrogen-bond acceptors (Lipinski definition) is 3. The number of nitrogens with zero attached hydrogens (tertiary/aromatic N) is 5. The van der Waals surface area contributed by atoms with E-state index in [1.165, 1.54) is 6.07 Å². The molecule has 4 N–H and O–H groups in total. The summed E-state index contributed by atoms with van der Waals surface area (Å²) in [6.07, 6.45) is 0. The van der Waals surface area contributed by atoms with Gasteiger partial charge in [0.05, 0.1) is 36.3 Å². The molecule has 0 spiro atoms. The van der Waals surface area contributed by atoms with Crippen LogP contribution in [0.25, 0.3) is 50.4 Å². The third kappa shape index (κ3) is 2.57. The summed E-state index contributed by atoms with van der Waals surface area (Å²) in [5, 5.41) is 28.9. The van der Waals surface area contributed by atoms with Gasteiger partial charge in [0.25, 0.3) is 0 Å². The summed E-state index contributed by atoms with van der Waals surface area (Å²) in [7, 11) is 3.71. The van der Waals surface area contributed by atoms with Gasteiger partial charge < -0.3 is 15.3 Å². The van der Waals surface area contributed by atoms with Gasteiger partial charge in [-0.3, -0.25) is 4.98 Å². The van der Waals surface area contributed by atoms with Gasteiger partial charge in [0.2, 0.25) is 22.1 Å².